The van der Waals surface area contributed by atoms with Crippen molar-refractivity contribution in [1.82, 2.24) is 15.3 Å². The molecule has 20 heavy (non-hydrogen) atoms. The summed E-state index contributed by atoms with van der Waals surface area (Å²) in [7, 11) is 0. The van der Waals surface area contributed by atoms with Crippen molar-refractivity contribution in [2.45, 2.75) is 26.3 Å². The van der Waals surface area contributed by atoms with Crippen LogP contribution in [-0.4, -0.2) is 16.5 Å². The maximum absolute atomic E-state index is 13.2. The molecule has 1 heterocycles. The van der Waals surface area contributed by atoms with Gasteiger partial charge in [-0.1, -0.05) is 24.6 Å². The van der Waals surface area contributed by atoms with Gasteiger partial charge in [-0.3, -0.25) is 9.97 Å². The van der Waals surface area contributed by atoms with Gasteiger partial charge in [0.25, 0.3) is 0 Å². The number of likely N-dealkylation sites (N-methyl/N-ethyl adjacent to an activating group) is 1. The van der Waals surface area contributed by atoms with Crippen LogP contribution < -0.4 is 5.32 Å². The van der Waals surface area contributed by atoms with E-state index in [2.05, 4.69) is 15.3 Å². The number of nitrogens with zero attached hydrogens (tertiary/aromatic N) is 2. The summed E-state index contributed by atoms with van der Waals surface area (Å²) in [4.78, 5) is 8.67. The fraction of sp³-hybridized carbons (Fsp3) is 0.333. The van der Waals surface area contributed by atoms with Crippen LogP contribution in [0.5, 0.6) is 0 Å². The Morgan fingerprint density at radius 1 is 1.30 bits per heavy atom. The van der Waals surface area contributed by atoms with Crippen molar-refractivity contribution in [3.05, 3.63) is 58.4 Å². The molecule has 0 amide bonds. The Bertz CT molecular complexity index is 572. The quantitative estimate of drug-likeness (QED) is 0.917. The molecule has 2 rings (SSSR count). The normalized spacial score (nSPS) is 12.4. The zero-order valence-corrected chi connectivity index (χ0v) is 12.3. The third-order valence-electron chi connectivity index (χ3n) is 3.03. The predicted octanol–water partition coefficient (Wildman–Crippen LogP) is 3.47. The van der Waals surface area contributed by atoms with Gasteiger partial charge in [0, 0.05) is 6.20 Å². The molecule has 1 atom stereocenters. The SMILES string of the molecule is CCNC(Cc1ccc(F)c(Cl)c1)c1cnc(C)cn1. The van der Waals surface area contributed by atoms with E-state index in [-0.39, 0.29) is 11.1 Å². The second-order valence-corrected chi connectivity index (χ2v) is 5.05. The molecule has 1 aromatic heterocycles. The lowest BCUT2D eigenvalue weighted by Crippen LogP contribution is -2.24. The number of aryl methyl sites for hydroxylation is 1. The molecule has 3 nitrogen and oxygen atoms in total. The summed E-state index contributed by atoms with van der Waals surface area (Å²) in [6.07, 6.45) is 4.21. The van der Waals surface area contributed by atoms with Crippen molar-refractivity contribution >= 4 is 11.6 Å². The number of halogens is 2. The van der Waals surface area contributed by atoms with Crippen LogP contribution in [0, 0.1) is 12.7 Å². The van der Waals surface area contributed by atoms with Gasteiger partial charge >= 0.3 is 0 Å². The minimum atomic E-state index is -0.398. The molecular formula is C15H17ClFN3. The largest absolute Gasteiger partial charge is 0.309 e. The average molecular weight is 294 g/mol. The lowest BCUT2D eigenvalue weighted by atomic mass is 10.0. The Balaban J connectivity index is 2.20. The molecule has 0 spiro atoms. The molecular weight excluding hydrogens is 277 g/mol. The number of rotatable bonds is 5. The molecule has 0 aliphatic carbocycles. The van der Waals surface area contributed by atoms with E-state index in [1.165, 1.54) is 6.07 Å². The van der Waals surface area contributed by atoms with Crippen molar-refractivity contribution in [1.29, 1.82) is 0 Å². The van der Waals surface area contributed by atoms with Gasteiger partial charge in [0.05, 0.1) is 28.6 Å². The second kappa shape index (κ2) is 6.77. The molecule has 5 heteroatoms. The van der Waals surface area contributed by atoms with Crippen molar-refractivity contribution in [3.8, 4) is 0 Å². The average Bonchev–Trinajstić information content (AvgIpc) is 2.43. The molecule has 0 saturated carbocycles. The third kappa shape index (κ3) is 3.74. The van der Waals surface area contributed by atoms with Crippen molar-refractivity contribution in [2.75, 3.05) is 6.54 Å². The van der Waals surface area contributed by atoms with Gasteiger partial charge in [-0.25, -0.2) is 4.39 Å². The first-order valence-corrected chi connectivity index (χ1v) is 6.93. The second-order valence-electron chi connectivity index (χ2n) is 4.65. The van der Waals surface area contributed by atoms with Gasteiger partial charge in [-0.2, -0.15) is 0 Å². The van der Waals surface area contributed by atoms with E-state index in [9.17, 15) is 4.39 Å². The van der Waals surface area contributed by atoms with Gasteiger partial charge in [-0.15, -0.1) is 0 Å². The summed E-state index contributed by atoms with van der Waals surface area (Å²) in [5.41, 5.74) is 2.72. The minimum absolute atomic E-state index is 0.0367. The van der Waals surface area contributed by atoms with Gasteiger partial charge in [-0.05, 0) is 37.6 Å². The van der Waals surface area contributed by atoms with Crippen molar-refractivity contribution < 1.29 is 4.39 Å². The van der Waals surface area contributed by atoms with E-state index in [4.69, 9.17) is 11.6 Å². The van der Waals surface area contributed by atoms with E-state index in [1.54, 1.807) is 24.5 Å². The number of hydrogen-bond acceptors (Lipinski definition) is 3. The standard InChI is InChI=1S/C15H17ClFN3/c1-3-18-14(15-9-19-10(2)8-20-15)7-11-4-5-13(17)12(16)6-11/h4-6,8-9,14,18H,3,7H2,1-2H3. The van der Waals surface area contributed by atoms with Crippen LogP contribution in [0.15, 0.2) is 30.6 Å². The van der Waals surface area contributed by atoms with Gasteiger partial charge < -0.3 is 5.32 Å². The van der Waals surface area contributed by atoms with E-state index in [0.717, 1.165) is 23.5 Å². The minimum Gasteiger partial charge on any atom is -0.309 e. The molecule has 1 N–H and O–H groups in total. The fourth-order valence-electron chi connectivity index (χ4n) is 2.01. The first kappa shape index (κ1) is 14.9. The molecule has 0 fully saturated rings. The summed E-state index contributed by atoms with van der Waals surface area (Å²) < 4.78 is 13.2. The first-order valence-electron chi connectivity index (χ1n) is 6.56. The number of nitrogens with one attached hydrogen (secondary N) is 1. The van der Waals surface area contributed by atoms with Crippen LogP contribution in [0.3, 0.4) is 0 Å². The number of benzene rings is 1. The summed E-state index contributed by atoms with van der Waals surface area (Å²) in [6.45, 7) is 4.75. The molecule has 0 aliphatic heterocycles. The molecule has 1 aromatic carbocycles. The van der Waals surface area contributed by atoms with Gasteiger partial charge in [0.2, 0.25) is 0 Å². The van der Waals surface area contributed by atoms with Crippen LogP contribution in [0.25, 0.3) is 0 Å². The third-order valence-corrected chi connectivity index (χ3v) is 3.32. The fourth-order valence-corrected chi connectivity index (χ4v) is 2.22. The Hall–Kier alpha value is -1.52. The molecule has 106 valence electrons. The molecule has 0 saturated heterocycles. The molecule has 0 aliphatic rings. The zero-order valence-electron chi connectivity index (χ0n) is 11.5. The maximum atomic E-state index is 13.2. The van der Waals surface area contributed by atoms with Crippen LogP contribution in [0.2, 0.25) is 5.02 Å². The highest BCUT2D eigenvalue weighted by Gasteiger charge is 2.14. The monoisotopic (exact) mass is 293 g/mol. The maximum Gasteiger partial charge on any atom is 0.141 e. The smallest absolute Gasteiger partial charge is 0.141 e. The van der Waals surface area contributed by atoms with E-state index < -0.39 is 5.82 Å². The van der Waals surface area contributed by atoms with E-state index in [0.29, 0.717) is 6.42 Å². The molecule has 1 unspecified atom stereocenters. The van der Waals surface area contributed by atoms with Gasteiger partial charge in [0.15, 0.2) is 0 Å². The molecule has 0 radical (unpaired) electrons. The number of hydrogen-bond donors (Lipinski definition) is 1. The zero-order chi connectivity index (χ0) is 14.5. The van der Waals surface area contributed by atoms with Crippen LogP contribution >= 0.6 is 11.6 Å². The van der Waals surface area contributed by atoms with E-state index in [1.807, 2.05) is 13.8 Å². The van der Waals surface area contributed by atoms with Crippen LogP contribution in [0.1, 0.15) is 29.9 Å². The lowest BCUT2D eigenvalue weighted by molar-refractivity contribution is 0.533. The Kier molecular flexibility index (Phi) is 5.04. The highest BCUT2D eigenvalue weighted by molar-refractivity contribution is 6.30. The molecule has 0 bridgehead atoms. The van der Waals surface area contributed by atoms with E-state index >= 15 is 0 Å². The summed E-state index contributed by atoms with van der Waals surface area (Å²) >= 11 is 5.82. The van der Waals surface area contributed by atoms with Crippen molar-refractivity contribution in [2.24, 2.45) is 0 Å². The summed E-state index contributed by atoms with van der Waals surface area (Å²) in [5, 5.41) is 3.51. The Morgan fingerprint density at radius 3 is 2.70 bits per heavy atom. The Morgan fingerprint density at radius 2 is 2.10 bits per heavy atom. The Labute approximate surface area is 123 Å². The first-order chi connectivity index (χ1) is 9.60. The highest BCUT2D eigenvalue weighted by atomic mass is 35.5. The van der Waals surface area contributed by atoms with Crippen molar-refractivity contribution in [3.63, 3.8) is 0 Å². The van der Waals surface area contributed by atoms with Gasteiger partial charge in [0.1, 0.15) is 5.82 Å². The van der Waals surface area contributed by atoms with Crippen LogP contribution in [0.4, 0.5) is 4.39 Å². The van der Waals surface area contributed by atoms with Crippen LogP contribution in [-0.2, 0) is 6.42 Å². The molecule has 2 aromatic rings. The summed E-state index contributed by atoms with van der Waals surface area (Å²) in [5.74, 6) is -0.398. The highest BCUT2D eigenvalue weighted by Crippen LogP contribution is 2.21. The topological polar surface area (TPSA) is 37.8 Å². The lowest BCUT2D eigenvalue weighted by Gasteiger charge is -2.17. The predicted molar refractivity (Wildman–Crippen MR) is 78.3 cm³/mol. The number of aromatic nitrogens is 2. The summed E-state index contributed by atoms with van der Waals surface area (Å²) in [6, 6.07) is 4.83.